The zero-order valence-electron chi connectivity index (χ0n) is 10.4. The van der Waals surface area contributed by atoms with Gasteiger partial charge in [-0.3, -0.25) is 0 Å². The Morgan fingerprint density at radius 1 is 1.44 bits per heavy atom. The van der Waals surface area contributed by atoms with Crippen LogP contribution in [0, 0.1) is 6.92 Å². The Morgan fingerprint density at radius 3 is 3.00 bits per heavy atom. The summed E-state index contributed by atoms with van der Waals surface area (Å²) in [7, 11) is 0. The Labute approximate surface area is 119 Å². The van der Waals surface area contributed by atoms with Crippen molar-refractivity contribution in [2.75, 3.05) is 11.9 Å². The summed E-state index contributed by atoms with van der Waals surface area (Å²) >= 11 is 5.12. The van der Waals surface area contributed by atoms with E-state index < -0.39 is 0 Å². The van der Waals surface area contributed by atoms with E-state index >= 15 is 0 Å². The molecule has 0 unspecified atom stereocenters. The standard InChI is InChI=1S/C13H15BrN2OS/c1-3-15-13-16-7-10(18-13)8-17-12-5-4-9(2)6-11(12)14/h4-7H,3,8H2,1-2H3,(H,15,16). The predicted molar refractivity (Wildman–Crippen MR) is 79.5 cm³/mol. The molecule has 0 saturated heterocycles. The second kappa shape index (κ2) is 6.20. The minimum atomic E-state index is 0.546. The summed E-state index contributed by atoms with van der Waals surface area (Å²) in [6.07, 6.45) is 1.85. The Bertz CT molecular complexity index is 527. The van der Waals surface area contributed by atoms with Crippen LogP contribution in [-0.2, 0) is 6.61 Å². The summed E-state index contributed by atoms with van der Waals surface area (Å²) in [6, 6.07) is 6.06. The average Bonchev–Trinajstić information content (AvgIpc) is 2.76. The fourth-order valence-corrected chi connectivity index (χ4v) is 2.88. The minimum absolute atomic E-state index is 0.546. The van der Waals surface area contributed by atoms with Gasteiger partial charge in [0.25, 0.3) is 0 Å². The molecule has 0 aliphatic rings. The molecule has 18 heavy (non-hydrogen) atoms. The van der Waals surface area contributed by atoms with Crippen molar-refractivity contribution in [1.29, 1.82) is 0 Å². The highest BCUT2D eigenvalue weighted by Crippen LogP contribution is 2.27. The number of nitrogens with zero attached hydrogens (tertiary/aromatic N) is 1. The number of halogens is 1. The Kier molecular flexibility index (Phi) is 4.60. The molecule has 0 fully saturated rings. The lowest BCUT2D eigenvalue weighted by molar-refractivity contribution is 0.307. The third-order valence-electron chi connectivity index (χ3n) is 2.34. The molecule has 1 aromatic heterocycles. The Balaban J connectivity index is 1.97. The first-order valence-corrected chi connectivity index (χ1v) is 7.37. The van der Waals surface area contributed by atoms with Gasteiger partial charge in [0.2, 0.25) is 0 Å². The van der Waals surface area contributed by atoms with Crippen molar-refractivity contribution in [3.05, 3.63) is 39.3 Å². The van der Waals surface area contributed by atoms with Gasteiger partial charge in [-0.1, -0.05) is 17.4 Å². The lowest BCUT2D eigenvalue weighted by Gasteiger charge is -2.07. The van der Waals surface area contributed by atoms with Crippen molar-refractivity contribution in [3.8, 4) is 5.75 Å². The molecule has 0 radical (unpaired) electrons. The Morgan fingerprint density at radius 2 is 2.28 bits per heavy atom. The second-order valence-electron chi connectivity index (χ2n) is 3.88. The van der Waals surface area contributed by atoms with E-state index in [2.05, 4.69) is 40.1 Å². The van der Waals surface area contributed by atoms with Gasteiger partial charge >= 0.3 is 0 Å². The zero-order valence-corrected chi connectivity index (χ0v) is 12.8. The smallest absolute Gasteiger partial charge is 0.182 e. The SMILES string of the molecule is CCNc1ncc(COc2ccc(C)cc2Br)s1. The van der Waals surface area contributed by atoms with Gasteiger partial charge in [-0.05, 0) is 47.5 Å². The molecule has 0 atom stereocenters. The monoisotopic (exact) mass is 326 g/mol. The maximum Gasteiger partial charge on any atom is 0.182 e. The highest BCUT2D eigenvalue weighted by Gasteiger charge is 2.04. The van der Waals surface area contributed by atoms with Crippen LogP contribution in [0.25, 0.3) is 0 Å². The molecule has 2 aromatic rings. The van der Waals surface area contributed by atoms with Crippen LogP contribution >= 0.6 is 27.3 Å². The van der Waals surface area contributed by atoms with Crippen molar-refractivity contribution in [3.63, 3.8) is 0 Å². The molecular weight excluding hydrogens is 312 g/mol. The van der Waals surface area contributed by atoms with E-state index in [-0.39, 0.29) is 0 Å². The van der Waals surface area contributed by atoms with Crippen LogP contribution in [0.2, 0.25) is 0 Å². The first-order valence-electron chi connectivity index (χ1n) is 5.76. The third-order valence-corrected chi connectivity index (χ3v) is 3.89. The quantitative estimate of drug-likeness (QED) is 0.892. The van der Waals surface area contributed by atoms with Crippen molar-refractivity contribution in [2.24, 2.45) is 0 Å². The number of rotatable bonds is 5. The first kappa shape index (κ1) is 13.4. The number of thiazole rings is 1. The fourth-order valence-electron chi connectivity index (χ4n) is 1.48. The summed E-state index contributed by atoms with van der Waals surface area (Å²) in [5.74, 6) is 0.860. The van der Waals surface area contributed by atoms with Crippen molar-refractivity contribution in [2.45, 2.75) is 20.5 Å². The predicted octanol–water partition coefficient (Wildman–Crippen LogP) is 4.22. The molecule has 3 nitrogen and oxygen atoms in total. The van der Waals surface area contributed by atoms with E-state index in [0.29, 0.717) is 6.61 Å². The maximum atomic E-state index is 5.77. The van der Waals surface area contributed by atoms with Gasteiger partial charge in [0, 0.05) is 12.7 Å². The summed E-state index contributed by atoms with van der Waals surface area (Å²) in [6.45, 7) is 5.55. The molecule has 1 heterocycles. The number of benzene rings is 1. The summed E-state index contributed by atoms with van der Waals surface area (Å²) < 4.78 is 6.75. The maximum absolute atomic E-state index is 5.77. The molecule has 0 bridgehead atoms. The number of hydrogen-bond donors (Lipinski definition) is 1. The van der Waals surface area contributed by atoms with Crippen molar-refractivity contribution >= 4 is 32.4 Å². The van der Waals surface area contributed by atoms with Gasteiger partial charge < -0.3 is 10.1 Å². The van der Waals surface area contributed by atoms with E-state index in [4.69, 9.17) is 4.74 Å². The van der Waals surface area contributed by atoms with Crippen LogP contribution in [0.5, 0.6) is 5.75 Å². The number of aromatic nitrogens is 1. The minimum Gasteiger partial charge on any atom is -0.487 e. The molecule has 0 aliphatic carbocycles. The van der Waals surface area contributed by atoms with Crippen molar-refractivity contribution < 1.29 is 4.74 Å². The molecule has 5 heteroatoms. The highest BCUT2D eigenvalue weighted by molar-refractivity contribution is 9.10. The molecule has 96 valence electrons. The van der Waals surface area contributed by atoms with Gasteiger partial charge in [0.1, 0.15) is 12.4 Å². The normalized spacial score (nSPS) is 10.4. The molecular formula is C13H15BrN2OS. The third kappa shape index (κ3) is 3.46. The first-order chi connectivity index (χ1) is 8.69. The summed E-state index contributed by atoms with van der Waals surface area (Å²) in [5, 5.41) is 4.13. The number of nitrogens with one attached hydrogen (secondary N) is 1. The number of hydrogen-bond acceptors (Lipinski definition) is 4. The van der Waals surface area contributed by atoms with Gasteiger partial charge in [0.15, 0.2) is 5.13 Å². The number of aryl methyl sites for hydroxylation is 1. The van der Waals surface area contributed by atoms with Crippen LogP contribution in [0.15, 0.2) is 28.9 Å². The molecule has 0 saturated carbocycles. The van der Waals surface area contributed by atoms with Crippen LogP contribution < -0.4 is 10.1 Å². The second-order valence-corrected chi connectivity index (χ2v) is 5.85. The van der Waals surface area contributed by atoms with E-state index in [1.54, 1.807) is 11.3 Å². The Hall–Kier alpha value is -1.07. The van der Waals surface area contributed by atoms with Crippen LogP contribution in [0.4, 0.5) is 5.13 Å². The lowest BCUT2D eigenvalue weighted by atomic mass is 10.2. The summed E-state index contributed by atoms with van der Waals surface area (Å²) in [5.41, 5.74) is 1.21. The van der Waals surface area contributed by atoms with Crippen LogP contribution in [0.1, 0.15) is 17.4 Å². The van der Waals surface area contributed by atoms with E-state index in [1.807, 2.05) is 24.4 Å². The van der Waals surface area contributed by atoms with Gasteiger partial charge in [-0.15, -0.1) is 0 Å². The molecule has 1 N–H and O–H groups in total. The van der Waals surface area contributed by atoms with E-state index in [9.17, 15) is 0 Å². The summed E-state index contributed by atoms with van der Waals surface area (Å²) in [4.78, 5) is 5.38. The molecule has 2 rings (SSSR count). The van der Waals surface area contributed by atoms with Crippen LogP contribution in [-0.4, -0.2) is 11.5 Å². The van der Waals surface area contributed by atoms with E-state index in [1.165, 1.54) is 5.56 Å². The van der Waals surface area contributed by atoms with Gasteiger partial charge in [-0.25, -0.2) is 4.98 Å². The zero-order chi connectivity index (χ0) is 13.0. The van der Waals surface area contributed by atoms with Crippen LogP contribution in [0.3, 0.4) is 0 Å². The number of ether oxygens (including phenoxy) is 1. The topological polar surface area (TPSA) is 34.2 Å². The van der Waals surface area contributed by atoms with E-state index in [0.717, 1.165) is 26.8 Å². The van der Waals surface area contributed by atoms with Gasteiger partial charge in [0.05, 0.1) is 9.35 Å². The molecule has 1 aromatic carbocycles. The average molecular weight is 327 g/mol. The highest BCUT2D eigenvalue weighted by atomic mass is 79.9. The number of anilines is 1. The fraction of sp³-hybridized carbons (Fsp3) is 0.308. The molecule has 0 spiro atoms. The molecule has 0 amide bonds. The molecule has 0 aliphatic heterocycles. The lowest BCUT2D eigenvalue weighted by Crippen LogP contribution is -1.94. The largest absolute Gasteiger partial charge is 0.487 e. The van der Waals surface area contributed by atoms with Gasteiger partial charge in [-0.2, -0.15) is 0 Å². The van der Waals surface area contributed by atoms with Crippen molar-refractivity contribution in [1.82, 2.24) is 4.98 Å².